The Hall–Kier alpha value is -3.66. The highest BCUT2D eigenvalue weighted by atomic mass is 16.5. The smallest absolute Gasteiger partial charge is 0.238 e. The average Bonchev–Trinajstić information content (AvgIpc) is 3.64. The first kappa shape index (κ1) is 18.9. The van der Waals surface area contributed by atoms with E-state index in [-0.39, 0.29) is 35.5 Å². The van der Waals surface area contributed by atoms with E-state index in [2.05, 4.69) is 24.3 Å². The van der Waals surface area contributed by atoms with Gasteiger partial charge in [-0.25, -0.2) is 0 Å². The minimum atomic E-state index is -0.171. The molecule has 1 aliphatic heterocycles. The molecular weight excluding hydrogens is 410 g/mol. The summed E-state index contributed by atoms with van der Waals surface area (Å²) < 4.78 is 6.00. The molecule has 0 radical (unpaired) electrons. The molecule has 2 amide bonds. The Morgan fingerprint density at radius 2 is 1.15 bits per heavy atom. The summed E-state index contributed by atoms with van der Waals surface area (Å²) in [6, 6.07) is 25.5. The van der Waals surface area contributed by atoms with Gasteiger partial charge in [0, 0.05) is 0 Å². The van der Waals surface area contributed by atoms with E-state index in [0.717, 1.165) is 16.9 Å². The van der Waals surface area contributed by atoms with Gasteiger partial charge in [0.1, 0.15) is 11.5 Å². The van der Waals surface area contributed by atoms with Crippen molar-refractivity contribution in [1.82, 2.24) is 0 Å². The Bertz CT molecular complexity index is 1240. The molecule has 162 valence electrons. The molecule has 2 saturated carbocycles. The standard InChI is InChI=1S/C29H23NO3/c31-28-26-22-14-15-23(25-16-24(22)25)27(26)29(32)30(28)19-8-12-21(13-9-19)33-20-10-6-18(7-11-20)17-4-2-1-3-5-17/h1-15,22-27H,16H2. The number of benzene rings is 3. The normalized spacial score (nSPS) is 30.8. The van der Waals surface area contributed by atoms with Gasteiger partial charge in [-0.2, -0.15) is 0 Å². The fraction of sp³-hybridized carbons (Fsp3) is 0.241. The number of carbonyl (C=O) groups is 2. The Kier molecular flexibility index (Phi) is 3.95. The lowest BCUT2D eigenvalue weighted by molar-refractivity contribution is -0.124. The van der Waals surface area contributed by atoms with Crippen molar-refractivity contribution in [3.05, 3.63) is 91.0 Å². The van der Waals surface area contributed by atoms with Crippen LogP contribution in [-0.4, -0.2) is 11.8 Å². The molecule has 4 nitrogen and oxygen atoms in total. The predicted octanol–water partition coefficient (Wildman–Crippen LogP) is 5.70. The fourth-order valence-electron chi connectivity index (χ4n) is 6.36. The molecule has 4 heteroatoms. The van der Waals surface area contributed by atoms with Crippen LogP contribution in [0.15, 0.2) is 91.0 Å². The monoisotopic (exact) mass is 433 g/mol. The van der Waals surface area contributed by atoms with Crippen LogP contribution in [0.1, 0.15) is 6.42 Å². The van der Waals surface area contributed by atoms with Crippen molar-refractivity contribution in [3.63, 3.8) is 0 Å². The van der Waals surface area contributed by atoms with Crippen LogP contribution < -0.4 is 9.64 Å². The maximum atomic E-state index is 13.3. The minimum Gasteiger partial charge on any atom is -0.457 e. The summed E-state index contributed by atoms with van der Waals surface area (Å²) in [7, 11) is 0. The van der Waals surface area contributed by atoms with Gasteiger partial charge in [0.25, 0.3) is 0 Å². The highest BCUT2D eigenvalue weighted by molar-refractivity contribution is 6.22. The van der Waals surface area contributed by atoms with Crippen LogP contribution in [0.5, 0.6) is 11.5 Å². The Morgan fingerprint density at radius 3 is 1.73 bits per heavy atom. The minimum absolute atomic E-state index is 0.0279. The summed E-state index contributed by atoms with van der Waals surface area (Å²) in [5.41, 5.74) is 2.93. The molecule has 3 fully saturated rings. The zero-order valence-electron chi connectivity index (χ0n) is 18.0. The molecule has 1 saturated heterocycles. The lowest BCUT2D eigenvalue weighted by Gasteiger charge is -2.37. The Balaban J connectivity index is 1.09. The van der Waals surface area contributed by atoms with E-state index >= 15 is 0 Å². The SMILES string of the molecule is O=C1C2C3C=CC(C4CC34)C2C(=O)N1c1ccc(Oc2ccc(-c3ccccc3)cc2)cc1. The summed E-state index contributed by atoms with van der Waals surface area (Å²) in [6.45, 7) is 0. The van der Waals surface area contributed by atoms with Gasteiger partial charge < -0.3 is 4.74 Å². The number of nitrogens with zero attached hydrogens (tertiary/aromatic N) is 1. The van der Waals surface area contributed by atoms with Gasteiger partial charge in [0.15, 0.2) is 0 Å². The van der Waals surface area contributed by atoms with E-state index in [0.29, 0.717) is 23.3 Å². The number of anilines is 1. The number of ether oxygens (including phenoxy) is 1. The highest BCUT2D eigenvalue weighted by Gasteiger charge is 2.67. The lowest BCUT2D eigenvalue weighted by atomic mass is 9.63. The number of imide groups is 1. The number of carbonyl (C=O) groups excluding carboxylic acids is 2. The van der Waals surface area contributed by atoms with Crippen LogP contribution in [0.25, 0.3) is 11.1 Å². The number of hydrogen-bond donors (Lipinski definition) is 0. The van der Waals surface area contributed by atoms with Gasteiger partial charge in [-0.05, 0) is 77.6 Å². The van der Waals surface area contributed by atoms with E-state index in [1.807, 2.05) is 66.7 Å². The van der Waals surface area contributed by atoms with Gasteiger partial charge in [0.05, 0.1) is 17.5 Å². The topological polar surface area (TPSA) is 46.6 Å². The largest absolute Gasteiger partial charge is 0.457 e. The van der Waals surface area contributed by atoms with Crippen LogP contribution in [0.2, 0.25) is 0 Å². The molecule has 6 atom stereocenters. The van der Waals surface area contributed by atoms with Gasteiger partial charge in [-0.3, -0.25) is 14.5 Å². The Labute approximate surface area is 192 Å². The molecule has 8 rings (SSSR count). The molecule has 4 aliphatic carbocycles. The zero-order valence-corrected chi connectivity index (χ0v) is 18.0. The Morgan fingerprint density at radius 1 is 0.636 bits per heavy atom. The van der Waals surface area contributed by atoms with Crippen LogP contribution >= 0.6 is 0 Å². The van der Waals surface area contributed by atoms with E-state index in [9.17, 15) is 9.59 Å². The molecule has 0 aromatic heterocycles. The third-order valence-corrected chi connectivity index (χ3v) is 7.95. The van der Waals surface area contributed by atoms with Gasteiger partial charge in [-0.1, -0.05) is 54.6 Å². The fourth-order valence-corrected chi connectivity index (χ4v) is 6.36. The van der Waals surface area contributed by atoms with Crippen molar-refractivity contribution in [3.8, 4) is 22.6 Å². The second-order valence-electron chi connectivity index (χ2n) is 9.65. The first-order chi connectivity index (χ1) is 16.2. The number of amides is 2. The van der Waals surface area contributed by atoms with Gasteiger partial charge in [0.2, 0.25) is 11.8 Å². The summed E-state index contributed by atoms with van der Waals surface area (Å²) in [6.07, 6.45) is 5.58. The summed E-state index contributed by atoms with van der Waals surface area (Å²) >= 11 is 0. The second kappa shape index (κ2) is 6.92. The molecule has 0 spiro atoms. The van der Waals surface area contributed by atoms with E-state index in [1.165, 1.54) is 11.3 Å². The predicted molar refractivity (Wildman–Crippen MR) is 126 cm³/mol. The number of rotatable bonds is 4. The molecule has 6 unspecified atom stereocenters. The quantitative estimate of drug-likeness (QED) is 0.391. The highest BCUT2D eigenvalue weighted by Crippen LogP contribution is 2.65. The maximum absolute atomic E-state index is 13.3. The molecule has 2 bridgehead atoms. The number of allylic oxidation sites excluding steroid dienone is 2. The van der Waals surface area contributed by atoms with E-state index in [1.54, 1.807) is 0 Å². The summed E-state index contributed by atoms with van der Waals surface area (Å²) in [5, 5.41) is 0. The number of hydrogen-bond acceptors (Lipinski definition) is 3. The average molecular weight is 434 g/mol. The summed E-state index contributed by atoms with van der Waals surface area (Å²) in [5.74, 6) is 2.73. The third kappa shape index (κ3) is 2.83. The first-order valence-electron chi connectivity index (χ1n) is 11.7. The summed E-state index contributed by atoms with van der Waals surface area (Å²) in [4.78, 5) is 28.0. The lowest BCUT2D eigenvalue weighted by Crippen LogP contribution is -2.40. The first-order valence-corrected chi connectivity index (χ1v) is 11.7. The van der Waals surface area contributed by atoms with E-state index in [4.69, 9.17) is 4.74 Å². The van der Waals surface area contributed by atoms with Crippen molar-refractivity contribution >= 4 is 17.5 Å². The van der Waals surface area contributed by atoms with Crippen LogP contribution in [0, 0.1) is 35.5 Å². The molecule has 1 heterocycles. The molecular formula is C29H23NO3. The van der Waals surface area contributed by atoms with Crippen molar-refractivity contribution in [2.24, 2.45) is 35.5 Å². The van der Waals surface area contributed by atoms with Crippen molar-refractivity contribution < 1.29 is 14.3 Å². The third-order valence-electron chi connectivity index (χ3n) is 7.95. The molecule has 3 aromatic rings. The van der Waals surface area contributed by atoms with Gasteiger partial charge >= 0.3 is 0 Å². The van der Waals surface area contributed by atoms with Crippen molar-refractivity contribution in [1.29, 1.82) is 0 Å². The molecule has 5 aliphatic rings. The molecule has 3 aromatic carbocycles. The maximum Gasteiger partial charge on any atom is 0.238 e. The van der Waals surface area contributed by atoms with Crippen molar-refractivity contribution in [2.45, 2.75) is 6.42 Å². The van der Waals surface area contributed by atoms with E-state index < -0.39 is 0 Å². The zero-order chi connectivity index (χ0) is 22.1. The van der Waals surface area contributed by atoms with Gasteiger partial charge in [-0.15, -0.1) is 0 Å². The van der Waals surface area contributed by atoms with Crippen molar-refractivity contribution in [2.75, 3.05) is 4.90 Å². The van der Waals surface area contributed by atoms with Crippen LogP contribution in [-0.2, 0) is 9.59 Å². The molecule has 33 heavy (non-hydrogen) atoms. The second-order valence-corrected chi connectivity index (χ2v) is 9.65. The molecule has 0 N–H and O–H groups in total. The van der Waals surface area contributed by atoms with Crippen LogP contribution in [0.4, 0.5) is 5.69 Å². The van der Waals surface area contributed by atoms with Crippen LogP contribution in [0.3, 0.4) is 0 Å².